The lowest BCUT2D eigenvalue weighted by molar-refractivity contribution is -0.131. The third-order valence-electron chi connectivity index (χ3n) is 4.14. The fourth-order valence-electron chi connectivity index (χ4n) is 2.45. The summed E-state index contributed by atoms with van der Waals surface area (Å²) in [5.41, 5.74) is 3.22. The number of hydrogen-bond donors (Lipinski definition) is 2. The first-order valence-corrected chi connectivity index (χ1v) is 9.59. The summed E-state index contributed by atoms with van der Waals surface area (Å²) >= 11 is 1.64. The maximum atomic E-state index is 11.9. The quantitative estimate of drug-likeness (QED) is 0.783. The predicted octanol–water partition coefficient (Wildman–Crippen LogP) is 2.83. The van der Waals surface area contributed by atoms with Crippen LogP contribution in [0.2, 0.25) is 0 Å². The van der Waals surface area contributed by atoms with Gasteiger partial charge >= 0.3 is 6.03 Å². The number of likely N-dealkylation sites (N-methyl/N-ethyl adjacent to an activating group) is 1. The summed E-state index contributed by atoms with van der Waals surface area (Å²) in [6.07, 6.45) is 0.723. The Labute approximate surface area is 158 Å². The molecule has 2 N–H and O–H groups in total. The van der Waals surface area contributed by atoms with Crippen LogP contribution in [0, 0.1) is 6.92 Å². The number of aromatic nitrogens is 1. The third kappa shape index (κ3) is 5.56. The molecule has 1 aromatic carbocycles. The molecule has 2 aromatic rings. The van der Waals surface area contributed by atoms with E-state index in [1.54, 1.807) is 30.2 Å². The molecule has 0 bridgehead atoms. The van der Waals surface area contributed by atoms with Gasteiger partial charge in [-0.1, -0.05) is 24.3 Å². The number of carbonyl (C=O) groups excluding carboxylic acids is 2. The fourth-order valence-corrected chi connectivity index (χ4v) is 3.08. The van der Waals surface area contributed by atoms with E-state index < -0.39 is 6.04 Å². The Morgan fingerprint density at radius 2 is 1.96 bits per heavy atom. The van der Waals surface area contributed by atoms with Gasteiger partial charge in [-0.25, -0.2) is 9.78 Å². The van der Waals surface area contributed by atoms with Crippen LogP contribution in [0.5, 0.6) is 0 Å². The van der Waals surface area contributed by atoms with Crippen molar-refractivity contribution in [1.82, 2.24) is 20.5 Å². The van der Waals surface area contributed by atoms with Crippen molar-refractivity contribution in [2.24, 2.45) is 0 Å². The number of amides is 3. The van der Waals surface area contributed by atoms with E-state index in [1.807, 2.05) is 38.1 Å². The van der Waals surface area contributed by atoms with E-state index in [-0.39, 0.29) is 11.9 Å². The van der Waals surface area contributed by atoms with Crippen LogP contribution in [0.1, 0.15) is 24.4 Å². The van der Waals surface area contributed by atoms with Gasteiger partial charge in [0.05, 0.1) is 10.7 Å². The number of thiazole rings is 1. The number of aryl methyl sites for hydroxylation is 1. The van der Waals surface area contributed by atoms with Crippen LogP contribution in [0.25, 0.3) is 11.3 Å². The molecule has 0 aliphatic heterocycles. The highest BCUT2D eigenvalue weighted by molar-refractivity contribution is 7.09. The normalized spacial score (nSPS) is 11.7. The zero-order chi connectivity index (χ0) is 19.1. The summed E-state index contributed by atoms with van der Waals surface area (Å²) in [5.74, 6) is -0.101. The van der Waals surface area contributed by atoms with E-state index >= 15 is 0 Å². The Balaban J connectivity index is 1.77. The average Bonchev–Trinajstić information content (AvgIpc) is 3.07. The maximum absolute atomic E-state index is 11.9. The predicted molar refractivity (Wildman–Crippen MR) is 105 cm³/mol. The first kappa shape index (κ1) is 19.9. The zero-order valence-electron chi connectivity index (χ0n) is 15.7. The van der Waals surface area contributed by atoms with Crippen molar-refractivity contribution in [3.05, 3.63) is 40.2 Å². The van der Waals surface area contributed by atoms with Crippen LogP contribution in [-0.4, -0.2) is 48.0 Å². The lowest BCUT2D eigenvalue weighted by atomic mass is 10.1. The van der Waals surface area contributed by atoms with Gasteiger partial charge in [-0.15, -0.1) is 11.3 Å². The van der Waals surface area contributed by atoms with E-state index in [2.05, 4.69) is 21.0 Å². The van der Waals surface area contributed by atoms with Crippen molar-refractivity contribution >= 4 is 23.3 Å². The number of benzene rings is 1. The fraction of sp³-hybridized carbons (Fsp3) is 0.421. The zero-order valence-corrected chi connectivity index (χ0v) is 16.5. The monoisotopic (exact) mass is 374 g/mol. The molecule has 140 valence electrons. The van der Waals surface area contributed by atoms with Crippen LogP contribution in [0.15, 0.2) is 29.6 Å². The molecular weight excluding hydrogens is 348 g/mol. The molecule has 6 nitrogen and oxygen atoms in total. The number of nitrogens with one attached hydrogen (secondary N) is 2. The van der Waals surface area contributed by atoms with Gasteiger partial charge in [-0.05, 0) is 32.8 Å². The van der Waals surface area contributed by atoms with E-state index in [0.717, 1.165) is 28.2 Å². The second kappa shape index (κ2) is 9.33. The van der Waals surface area contributed by atoms with Crippen molar-refractivity contribution in [3.63, 3.8) is 0 Å². The molecule has 0 aliphatic rings. The smallest absolute Gasteiger partial charge is 0.315 e. The summed E-state index contributed by atoms with van der Waals surface area (Å²) in [5, 5.41) is 8.56. The minimum atomic E-state index is -0.541. The van der Waals surface area contributed by atoms with Crippen LogP contribution >= 0.6 is 11.3 Å². The number of nitrogens with zero attached hydrogens (tertiary/aromatic N) is 2. The molecule has 0 fully saturated rings. The maximum Gasteiger partial charge on any atom is 0.315 e. The molecule has 0 saturated heterocycles. The van der Waals surface area contributed by atoms with Gasteiger partial charge in [0.1, 0.15) is 6.04 Å². The van der Waals surface area contributed by atoms with Crippen LogP contribution in [0.4, 0.5) is 4.79 Å². The Morgan fingerprint density at radius 1 is 1.27 bits per heavy atom. The van der Waals surface area contributed by atoms with Gasteiger partial charge in [0.25, 0.3) is 0 Å². The SMILES string of the molecule is CCN(C)C(=O)[C@@H](C)NC(=O)NCCc1ccc(-c2csc(C)n2)cc1. The van der Waals surface area contributed by atoms with Crippen LogP contribution in [0.3, 0.4) is 0 Å². The van der Waals surface area contributed by atoms with Crippen LogP contribution < -0.4 is 10.6 Å². The lowest BCUT2D eigenvalue weighted by Crippen LogP contribution is -2.49. The summed E-state index contributed by atoms with van der Waals surface area (Å²) in [6, 6.07) is 7.32. The first-order valence-electron chi connectivity index (χ1n) is 8.71. The Kier molecular flexibility index (Phi) is 7.15. The van der Waals surface area contributed by atoms with Crippen molar-refractivity contribution in [2.45, 2.75) is 33.2 Å². The third-order valence-corrected chi connectivity index (χ3v) is 4.91. The van der Waals surface area contributed by atoms with Crippen molar-refractivity contribution in [2.75, 3.05) is 20.1 Å². The molecule has 0 unspecified atom stereocenters. The van der Waals surface area contributed by atoms with Crippen LogP contribution in [-0.2, 0) is 11.2 Å². The molecule has 0 radical (unpaired) electrons. The van der Waals surface area contributed by atoms with Crippen molar-refractivity contribution < 1.29 is 9.59 Å². The van der Waals surface area contributed by atoms with E-state index in [0.29, 0.717) is 13.1 Å². The molecule has 7 heteroatoms. The van der Waals surface area contributed by atoms with Gasteiger partial charge in [0.2, 0.25) is 5.91 Å². The minimum Gasteiger partial charge on any atom is -0.344 e. The molecular formula is C19H26N4O2S. The summed E-state index contributed by atoms with van der Waals surface area (Å²) in [4.78, 5) is 29.9. The lowest BCUT2D eigenvalue weighted by Gasteiger charge is -2.20. The summed E-state index contributed by atoms with van der Waals surface area (Å²) in [6.45, 7) is 6.70. The Hall–Kier alpha value is -2.41. The Bertz CT molecular complexity index is 742. The van der Waals surface area contributed by atoms with Gasteiger partial charge < -0.3 is 15.5 Å². The van der Waals surface area contributed by atoms with E-state index in [4.69, 9.17) is 0 Å². The molecule has 0 spiro atoms. The van der Waals surface area contributed by atoms with Crippen molar-refractivity contribution in [1.29, 1.82) is 0 Å². The van der Waals surface area contributed by atoms with Crippen molar-refractivity contribution in [3.8, 4) is 11.3 Å². The number of hydrogen-bond acceptors (Lipinski definition) is 4. The molecule has 3 amide bonds. The largest absolute Gasteiger partial charge is 0.344 e. The number of rotatable bonds is 7. The summed E-state index contributed by atoms with van der Waals surface area (Å²) < 4.78 is 0. The molecule has 0 saturated carbocycles. The molecule has 0 aliphatic carbocycles. The standard InChI is InChI=1S/C19H26N4O2S/c1-5-23(4)18(24)13(2)21-19(25)20-11-10-15-6-8-16(9-7-15)17-12-26-14(3)22-17/h6-9,12-13H,5,10-11H2,1-4H3,(H2,20,21,25)/t13-/m1/s1. The highest BCUT2D eigenvalue weighted by Crippen LogP contribution is 2.21. The Morgan fingerprint density at radius 3 is 2.54 bits per heavy atom. The highest BCUT2D eigenvalue weighted by Gasteiger charge is 2.17. The molecule has 1 aromatic heterocycles. The number of carbonyl (C=O) groups is 2. The van der Waals surface area contributed by atoms with E-state index in [1.165, 1.54) is 0 Å². The second-order valence-corrected chi connectivity index (χ2v) is 7.24. The number of urea groups is 1. The minimum absolute atomic E-state index is 0.101. The summed E-state index contributed by atoms with van der Waals surface area (Å²) in [7, 11) is 1.72. The molecule has 26 heavy (non-hydrogen) atoms. The van der Waals surface area contributed by atoms with Gasteiger partial charge in [-0.2, -0.15) is 0 Å². The molecule has 1 atom stereocenters. The topological polar surface area (TPSA) is 74.3 Å². The van der Waals surface area contributed by atoms with Gasteiger partial charge in [0, 0.05) is 31.1 Å². The van der Waals surface area contributed by atoms with Gasteiger partial charge in [0.15, 0.2) is 0 Å². The van der Waals surface area contributed by atoms with Gasteiger partial charge in [-0.3, -0.25) is 4.79 Å². The highest BCUT2D eigenvalue weighted by atomic mass is 32.1. The first-order chi connectivity index (χ1) is 12.4. The van der Waals surface area contributed by atoms with E-state index in [9.17, 15) is 9.59 Å². The average molecular weight is 375 g/mol. The molecule has 2 rings (SSSR count). The molecule has 1 heterocycles. The second-order valence-electron chi connectivity index (χ2n) is 6.17.